The van der Waals surface area contributed by atoms with Crippen LogP contribution in [0.1, 0.15) is 83.2 Å². The Bertz CT molecular complexity index is 3890. The Morgan fingerprint density at radius 2 is 0.823 bits per heavy atom. The standard InChI is InChI=1S/C16H25N2O7P.C16H25N2O6P.C15H25N2O5P.C15H25N2O4P/c1-9(19)8-24-11-7-18(16(23)17-14(11)22)15-13(21)12(20)10(25-15)5-6-26(2,3)4;1-9(19)7-10-8-18(16(23)17-14(10)22)15-13(21)12(20)11(24-15)5-6-25(2,3)4;1-5-9-8-17(15(21)16-13(9)20)14-12(19)11(18)10(22-14)6-7-23(2,3)4;1-9-8-17(10(2)16-14(9)20)15-13(19)12(18)11(21-15)6-7-22(3,4)5/h7,10,12-13,15,20-21H,2,5-6,8H2,1,3-4H3,(H,17,22,23);8,11-13,15,20-21H,2,5-7H2,1,3-4H3,(H,17,22,23);8,10-12,14,18-19H,2,5-7H2,1,3-4H3,(H,16,20,21);8,11-13,15,18-19H,2-3,6-7H2,1,4-5H3,(H,16,20)/t10-,12-,13-,15-;11-,12-,13-,15-;10-,11-,12-,14-;11-,12-,13-,15-/m1111/s1. The lowest BCUT2D eigenvalue weighted by Gasteiger charge is -2.34. The van der Waals surface area contributed by atoms with Crippen LogP contribution in [0.5, 0.6) is 5.75 Å². The number of nitrogens with zero attached hydrogens (tertiary/aromatic N) is 4. The molecule has 5 aliphatic rings. The minimum atomic E-state index is -1.35. The lowest BCUT2D eigenvalue weighted by atomic mass is 10.1. The van der Waals surface area contributed by atoms with Crippen LogP contribution in [0.4, 0.5) is 0 Å². The van der Waals surface area contributed by atoms with Crippen LogP contribution >= 0.6 is 27.5 Å². The van der Waals surface area contributed by atoms with E-state index < -0.39 is 159 Å². The quantitative estimate of drug-likeness (QED) is 0.0524. The molecule has 30 nitrogen and oxygen atoms in total. The van der Waals surface area contributed by atoms with Gasteiger partial charge in [-0.3, -0.25) is 57.4 Å². The Kier molecular flexibility index (Phi) is 28.5. The number of rotatable bonds is 22. The minimum Gasteiger partial charge on any atom is -0.479 e. The molecule has 540 valence electrons. The third-order valence-electron chi connectivity index (χ3n) is 16.1. The summed E-state index contributed by atoms with van der Waals surface area (Å²) in [5.41, 5.74) is -3.10. The molecule has 0 unspecified atom stereocenters. The van der Waals surface area contributed by atoms with Gasteiger partial charge in [-0.25, -0.2) is 14.4 Å². The van der Waals surface area contributed by atoms with Gasteiger partial charge in [0, 0.05) is 41.7 Å². The van der Waals surface area contributed by atoms with Gasteiger partial charge in [-0.15, -0.1) is 52.7 Å². The number of ether oxygens (including phenoxy) is 5. The molecule has 34 heteroatoms. The SMILES string of the molecule is C=C1NC(=O)C(C)=CN1[C@@H]1O[C@H](CCP(=C)(C)C)[C@@H](O)[C@H]1O.C=P(C)(C)CC[C@H]1O[C@@H](n2cc(CC(C)=O)c(=O)[nH]c2=O)[C@H](O)[C@@H]1O.C=P(C)(C)CC[C@H]1O[C@@H](n2cc(CC)c(=O)[nH]c2=O)[C@H](O)[C@@H]1O.C=P(C)(C)CC[C@H]1O[C@@H](n2cc(OCC(C)=O)c(=O)[nH]c2=O)[C@H](O)[C@@H]1O. The fourth-order valence-electron chi connectivity index (χ4n) is 10.6. The van der Waals surface area contributed by atoms with Gasteiger partial charge >= 0.3 is 17.1 Å². The summed E-state index contributed by atoms with van der Waals surface area (Å²) < 4.78 is 31.1. The molecule has 0 radical (unpaired) electrons. The molecule has 0 saturated carbocycles. The molecule has 3 aromatic rings. The lowest BCUT2D eigenvalue weighted by molar-refractivity contribution is -0.120. The van der Waals surface area contributed by atoms with Crippen molar-refractivity contribution in [3.8, 4) is 5.75 Å². The summed E-state index contributed by atoms with van der Waals surface area (Å²) in [4.78, 5) is 113. The number of Topliss-reactive ketones (excluding diaryl/α,β-unsaturated/α-hetero) is 2. The summed E-state index contributed by atoms with van der Waals surface area (Å²) in [5.74, 6) is -0.678. The van der Waals surface area contributed by atoms with Crippen molar-refractivity contribution in [3.63, 3.8) is 0 Å². The highest BCUT2D eigenvalue weighted by molar-refractivity contribution is 7.73. The van der Waals surface area contributed by atoms with Gasteiger partial charge < -0.3 is 74.8 Å². The second-order valence-electron chi connectivity index (χ2n) is 27.6. The van der Waals surface area contributed by atoms with E-state index in [1.54, 1.807) is 24.9 Å². The van der Waals surface area contributed by atoms with Crippen LogP contribution in [0.25, 0.3) is 0 Å². The zero-order valence-corrected chi connectivity index (χ0v) is 60.3. The van der Waals surface area contributed by atoms with Crippen molar-refractivity contribution in [2.24, 2.45) is 0 Å². The molecule has 0 aromatic carbocycles. The Morgan fingerprint density at radius 3 is 1.17 bits per heavy atom. The number of nitrogens with one attached hydrogen (secondary N) is 4. The first kappa shape index (κ1) is 81.3. The largest absolute Gasteiger partial charge is 0.479 e. The van der Waals surface area contributed by atoms with Crippen LogP contribution in [0, 0.1) is 0 Å². The molecule has 8 heterocycles. The van der Waals surface area contributed by atoms with Gasteiger partial charge in [0.05, 0.1) is 30.6 Å². The number of carbonyl (C=O) groups excluding carboxylic acids is 3. The van der Waals surface area contributed by atoms with Crippen molar-refractivity contribution in [2.75, 3.05) is 84.6 Å². The normalized spacial score (nSPS) is 28.3. The Hall–Kier alpha value is -5.35. The molecule has 5 aliphatic heterocycles. The van der Waals surface area contributed by atoms with E-state index >= 15 is 0 Å². The molecule has 16 atom stereocenters. The van der Waals surface area contributed by atoms with Gasteiger partial charge in [-0.1, -0.05) is 13.5 Å². The maximum absolute atomic E-state index is 12.1. The van der Waals surface area contributed by atoms with E-state index in [1.165, 1.54) is 26.2 Å². The van der Waals surface area contributed by atoms with Crippen molar-refractivity contribution in [1.29, 1.82) is 0 Å². The third kappa shape index (κ3) is 22.6. The van der Waals surface area contributed by atoms with Crippen molar-refractivity contribution in [2.45, 2.75) is 164 Å². The molecule has 4 saturated heterocycles. The number of aliphatic hydroxyl groups is 8. The van der Waals surface area contributed by atoms with Crippen molar-refractivity contribution in [1.82, 2.24) is 38.9 Å². The summed E-state index contributed by atoms with van der Waals surface area (Å²) in [7, 11) is 0. The van der Waals surface area contributed by atoms with E-state index in [0.717, 1.165) is 44.5 Å². The third-order valence-corrected chi connectivity index (χ3v) is 21.9. The van der Waals surface area contributed by atoms with Gasteiger partial charge in [0.1, 0.15) is 67.0 Å². The van der Waals surface area contributed by atoms with Gasteiger partial charge in [0.15, 0.2) is 30.7 Å². The number of aromatic amines is 3. The number of hydrogen-bond acceptors (Lipinski definition) is 23. The summed E-state index contributed by atoms with van der Waals surface area (Å²) >= 11 is 0. The molecule has 8 rings (SSSR count). The molecule has 0 bridgehead atoms. The summed E-state index contributed by atoms with van der Waals surface area (Å²) in [6, 6.07) is 0. The number of hydrogen-bond donors (Lipinski definition) is 12. The molecular weight excluding hydrogens is 1330 g/mol. The first-order valence-electron chi connectivity index (χ1n) is 31.1. The van der Waals surface area contributed by atoms with E-state index in [0.29, 0.717) is 49.1 Å². The average molecular weight is 1430 g/mol. The summed E-state index contributed by atoms with van der Waals surface area (Å²) in [6.07, 6.45) is 11.8. The smallest absolute Gasteiger partial charge is 0.330 e. The summed E-state index contributed by atoms with van der Waals surface area (Å²) in [5, 5.41) is 84.5. The maximum atomic E-state index is 12.1. The molecule has 0 aliphatic carbocycles. The van der Waals surface area contributed by atoms with Gasteiger partial charge in [-0.05, 0) is 131 Å². The topological polar surface area (TPSA) is 439 Å². The zero-order valence-electron chi connectivity index (χ0n) is 56.7. The summed E-state index contributed by atoms with van der Waals surface area (Å²) in [6.45, 7) is 21.0. The van der Waals surface area contributed by atoms with Crippen molar-refractivity contribution < 1.29 is 78.9 Å². The fourth-order valence-corrected chi connectivity index (χ4v) is 14.4. The molecular formula is C62H100N8O22P4. The maximum Gasteiger partial charge on any atom is 0.330 e. The Balaban J connectivity index is 0.000000232. The fraction of sp³-hybridized carbons (Fsp3) is 0.629. The van der Waals surface area contributed by atoms with E-state index in [9.17, 15) is 84.0 Å². The number of aryl methyl sites for hydroxylation is 1. The highest BCUT2D eigenvalue weighted by Gasteiger charge is 2.48. The number of carbonyl (C=O) groups is 3. The van der Waals surface area contributed by atoms with Gasteiger partial charge in [0.2, 0.25) is 5.75 Å². The molecule has 96 heavy (non-hydrogen) atoms. The van der Waals surface area contributed by atoms with Crippen LogP contribution in [0.15, 0.2) is 71.5 Å². The molecule has 0 spiro atoms. The van der Waals surface area contributed by atoms with Crippen LogP contribution in [-0.2, 0) is 46.2 Å². The van der Waals surface area contributed by atoms with E-state index in [-0.39, 0.29) is 41.8 Å². The van der Waals surface area contributed by atoms with E-state index in [2.05, 4.69) is 92.0 Å². The Labute approximate surface area is 556 Å². The van der Waals surface area contributed by atoms with Crippen molar-refractivity contribution >= 4 is 70.2 Å². The lowest BCUT2D eigenvalue weighted by Crippen LogP contribution is -2.47. The van der Waals surface area contributed by atoms with E-state index in [1.807, 2.05) is 13.3 Å². The van der Waals surface area contributed by atoms with Crippen LogP contribution < -0.4 is 43.8 Å². The zero-order chi connectivity index (χ0) is 72.6. The predicted molar refractivity (Wildman–Crippen MR) is 377 cm³/mol. The first-order valence-corrected chi connectivity index (χ1v) is 43.3. The van der Waals surface area contributed by atoms with E-state index in [4.69, 9.17) is 23.7 Å². The average Bonchev–Trinajstić information content (AvgIpc) is 1.63. The monoisotopic (exact) mass is 1430 g/mol. The van der Waals surface area contributed by atoms with Crippen molar-refractivity contribution in [3.05, 3.63) is 116 Å². The van der Waals surface area contributed by atoms with Crippen LogP contribution in [-0.4, -0.2) is 281 Å². The molecule has 12 N–H and O–H groups in total. The first-order chi connectivity index (χ1) is 44.2. The second-order valence-corrected chi connectivity index (χ2v) is 44.9. The van der Waals surface area contributed by atoms with Crippen LogP contribution in [0.2, 0.25) is 0 Å². The number of aliphatic hydroxyl groups excluding tert-OH is 8. The molecule has 3 aromatic heterocycles. The van der Waals surface area contributed by atoms with Gasteiger partial charge in [-0.2, -0.15) is 0 Å². The number of H-pyrrole nitrogens is 3. The highest BCUT2D eigenvalue weighted by atomic mass is 31.2. The number of aromatic nitrogens is 6. The van der Waals surface area contributed by atoms with Crippen LogP contribution in [0.3, 0.4) is 0 Å². The highest BCUT2D eigenvalue weighted by Crippen LogP contribution is 2.43. The number of ketones is 2. The minimum absolute atomic E-state index is 0.102. The Morgan fingerprint density at radius 1 is 0.500 bits per heavy atom. The molecule has 1 amide bonds. The second kappa shape index (κ2) is 33.7. The molecule has 4 fully saturated rings. The number of amides is 1. The van der Waals surface area contributed by atoms with Gasteiger partial charge in [0.25, 0.3) is 22.6 Å². The predicted octanol–water partition coefficient (Wildman–Crippen LogP) is -1.23.